The van der Waals surface area contributed by atoms with Crippen molar-refractivity contribution < 1.29 is 19.0 Å². The fourth-order valence-corrected chi connectivity index (χ4v) is 2.82. The highest BCUT2D eigenvalue weighted by Crippen LogP contribution is 2.22. The van der Waals surface area contributed by atoms with Crippen LogP contribution in [0.25, 0.3) is 0 Å². The summed E-state index contributed by atoms with van der Waals surface area (Å²) in [5, 5.41) is 12.5. The van der Waals surface area contributed by atoms with Crippen molar-refractivity contribution in [2.24, 2.45) is 0 Å². The van der Waals surface area contributed by atoms with E-state index in [2.05, 4.69) is 5.32 Å². The first-order valence-corrected chi connectivity index (χ1v) is 8.24. The van der Waals surface area contributed by atoms with Crippen LogP contribution in [0.3, 0.4) is 0 Å². The number of benzene rings is 2. The van der Waals surface area contributed by atoms with Crippen molar-refractivity contribution >= 4 is 11.8 Å². The van der Waals surface area contributed by atoms with Crippen LogP contribution in [0, 0.1) is 5.82 Å². The third kappa shape index (κ3) is 3.97. The maximum Gasteiger partial charge on any atom is 0.414 e. The first-order chi connectivity index (χ1) is 12.1. The predicted molar refractivity (Wildman–Crippen MR) is 92.7 cm³/mol. The molecule has 0 aliphatic carbocycles. The minimum absolute atomic E-state index is 0.0854. The lowest BCUT2D eigenvalue weighted by Crippen LogP contribution is -2.23. The summed E-state index contributed by atoms with van der Waals surface area (Å²) < 4.78 is 18.4. The summed E-state index contributed by atoms with van der Waals surface area (Å²) in [4.78, 5) is 13.2. The molecule has 0 aromatic heterocycles. The highest BCUT2D eigenvalue weighted by Gasteiger charge is 2.23. The van der Waals surface area contributed by atoms with Crippen molar-refractivity contribution in [2.45, 2.75) is 26.1 Å². The fourth-order valence-electron chi connectivity index (χ4n) is 2.82. The lowest BCUT2D eigenvalue weighted by molar-refractivity contribution is 0.181. The van der Waals surface area contributed by atoms with E-state index in [0.29, 0.717) is 25.3 Å². The quantitative estimate of drug-likeness (QED) is 0.845. The molecular formula is C19H21FN2O3. The van der Waals surface area contributed by atoms with Crippen molar-refractivity contribution in [3.8, 4) is 0 Å². The molecule has 3 rings (SSSR count). The van der Waals surface area contributed by atoms with Crippen LogP contribution >= 0.6 is 0 Å². The molecule has 1 heterocycles. The van der Waals surface area contributed by atoms with Gasteiger partial charge in [-0.05, 0) is 42.3 Å². The van der Waals surface area contributed by atoms with E-state index in [1.807, 2.05) is 31.2 Å². The third-order valence-electron chi connectivity index (χ3n) is 4.36. The first kappa shape index (κ1) is 17.4. The van der Waals surface area contributed by atoms with E-state index < -0.39 is 5.82 Å². The minimum atomic E-state index is -0.393. The largest absolute Gasteiger partial charge is 0.447 e. The van der Waals surface area contributed by atoms with Crippen molar-refractivity contribution in [1.82, 2.24) is 5.32 Å². The highest BCUT2D eigenvalue weighted by molar-refractivity contribution is 5.89. The van der Waals surface area contributed by atoms with Crippen LogP contribution in [0.15, 0.2) is 42.5 Å². The zero-order valence-corrected chi connectivity index (χ0v) is 14.0. The molecule has 1 aliphatic rings. The average molecular weight is 344 g/mol. The maximum atomic E-state index is 13.4. The van der Waals surface area contributed by atoms with Gasteiger partial charge in [-0.3, -0.25) is 4.90 Å². The number of aliphatic hydroxyl groups is 1. The maximum absolute atomic E-state index is 13.4. The SMILES string of the molecule is CC(NCc1ccc(F)c(CO)c1)c1ccc(N2CCOC2=O)cc1. The molecule has 6 heteroatoms. The van der Waals surface area contributed by atoms with E-state index in [1.54, 1.807) is 17.0 Å². The van der Waals surface area contributed by atoms with E-state index in [-0.39, 0.29) is 18.7 Å². The molecule has 0 saturated carbocycles. The van der Waals surface area contributed by atoms with E-state index >= 15 is 0 Å². The van der Waals surface area contributed by atoms with Crippen LogP contribution in [0.2, 0.25) is 0 Å². The monoisotopic (exact) mass is 344 g/mol. The number of anilines is 1. The summed E-state index contributed by atoms with van der Waals surface area (Å²) in [5.41, 5.74) is 3.12. The summed E-state index contributed by atoms with van der Waals surface area (Å²) in [6, 6.07) is 12.6. The molecule has 1 amide bonds. The summed E-state index contributed by atoms with van der Waals surface area (Å²) in [6.45, 7) is 3.29. The summed E-state index contributed by atoms with van der Waals surface area (Å²) in [6.07, 6.45) is -0.310. The van der Waals surface area contributed by atoms with Crippen molar-refractivity contribution in [3.63, 3.8) is 0 Å². The molecule has 2 aromatic rings. The smallest absolute Gasteiger partial charge is 0.414 e. The summed E-state index contributed by atoms with van der Waals surface area (Å²) in [5.74, 6) is -0.393. The minimum Gasteiger partial charge on any atom is -0.447 e. The Morgan fingerprint density at radius 1 is 1.28 bits per heavy atom. The Balaban J connectivity index is 1.61. The molecular weight excluding hydrogens is 323 g/mol. The number of ether oxygens (including phenoxy) is 1. The van der Waals surface area contributed by atoms with Gasteiger partial charge in [0, 0.05) is 23.8 Å². The fraction of sp³-hybridized carbons (Fsp3) is 0.316. The Bertz CT molecular complexity index is 749. The van der Waals surface area contributed by atoms with Gasteiger partial charge in [0.2, 0.25) is 0 Å². The van der Waals surface area contributed by atoms with Gasteiger partial charge in [0.05, 0.1) is 13.2 Å². The molecule has 0 bridgehead atoms. The number of nitrogens with zero attached hydrogens (tertiary/aromatic N) is 1. The number of hydrogen-bond acceptors (Lipinski definition) is 4. The molecule has 25 heavy (non-hydrogen) atoms. The van der Waals surface area contributed by atoms with Gasteiger partial charge in [-0.2, -0.15) is 0 Å². The van der Waals surface area contributed by atoms with Gasteiger partial charge in [0.25, 0.3) is 0 Å². The Hall–Kier alpha value is -2.44. The zero-order valence-electron chi connectivity index (χ0n) is 14.0. The number of cyclic esters (lactones) is 1. The summed E-state index contributed by atoms with van der Waals surface area (Å²) in [7, 11) is 0. The lowest BCUT2D eigenvalue weighted by Gasteiger charge is -2.17. The normalized spacial score (nSPS) is 15.3. The second-order valence-corrected chi connectivity index (χ2v) is 6.04. The molecule has 2 N–H and O–H groups in total. The Labute approximate surface area is 146 Å². The number of rotatable bonds is 6. The number of hydrogen-bond donors (Lipinski definition) is 2. The Kier molecular flexibility index (Phi) is 5.31. The molecule has 0 radical (unpaired) electrons. The second kappa shape index (κ2) is 7.63. The molecule has 1 fully saturated rings. The van der Waals surface area contributed by atoms with Crippen LogP contribution in [0.1, 0.15) is 29.7 Å². The first-order valence-electron chi connectivity index (χ1n) is 8.24. The molecule has 132 valence electrons. The van der Waals surface area contributed by atoms with Crippen molar-refractivity contribution in [3.05, 3.63) is 65.0 Å². The van der Waals surface area contributed by atoms with Gasteiger partial charge < -0.3 is 15.2 Å². The van der Waals surface area contributed by atoms with Gasteiger partial charge in [0.15, 0.2) is 0 Å². The number of halogens is 1. The molecule has 0 spiro atoms. The molecule has 1 unspecified atom stereocenters. The average Bonchev–Trinajstić information content (AvgIpc) is 3.07. The molecule has 5 nitrogen and oxygen atoms in total. The van der Waals surface area contributed by atoms with Crippen LogP contribution < -0.4 is 10.2 Å². The van der Waals surface area contributed by atoms with E-state index in [0.717, 1.165) is 16.8 Å². The van der Waals surface area contributed by atoms with E-state index in [1.165, 1.54) is 6.07 Å². The van der Waals surface area contributed by atoms with Crippen LogP contribution in [-0.2, 0) is 17.9 Å². The number of aliphatic hydroxyl groups excluding tert-OH is 1. The number of nitrogens with one attached hydrogen (secondary N) is 1. The second-order valence-electron chi connectivity index (χ2n) is 6.04. The number of carbonyl (C=O) groups is 1. The Morgan fingerprint density at radius 2 is 2.04 bits per heavy atom. The molecule has 1 aliphatic heterocycles. The van der Waals surface area contributed by atoms with Crippen molar-refractivity contribution in [1.29, 1.82) is 0 Å². The van der Waals surface area contributed by atoms with Crippen LogP contribution in [-0.4, -0.2) is 24.4 Å². The molecule has 1 atom stereocenters. The van der Waals surface area contributed by atoms with E-state index in [9.17, 15) is 9.18 Å². The predicted octanol–water partition coefficient (Wildman–Crippen LogP) is 3.13. The van der Waals surface area contributed by atoms with Gasteiger partial charge in [-0.15, -0.1) is 0 Å². The van der Waals surface area contributed by atoms with Crippen LogP contribution in [0.4, 0.5) is 14.9 Å². The number of amides is 1. The molecule has 2 aromatic carbocycles. The van der Waals surface area contributed by atoms with Crippen LogP contribution in [0.5, 0.6) is 0 Å². The van der Waals surface area contributed by atoms with Gasteiger partial charge in [-0.1, -0.05) is 18.2 Å². The summed E-state index contributed by atoms with van der Waals surface area (Å²) >= 11 is 0. The van der Waals surface area contributed by atoms with E-state index in [4.69, 9.17) is 9.84 Å². The zero-order chi connectivity index (χ0) is 17.8. The highest BCUT2D eigenvalue weighted by atomic mass is 19.1. The van der Waals surface area contributed by atoms with Gasteiger partial charge in [-0.25, -0.2) is 9.18 Å². The van der Waals surface area contributed by atoms with Gasteiger partial charge >= 0.3 is 6.09 Å². The third-order valence-corrected chi connectivity index (χ3v) is 4.36. The van der Waals surface area contributed by atoms with Gasteiger partial charge in [0.1, 0.15) is 12.4 Å². The number of carbonyl (C=O) groups excluding carboxylic acids is 1. The lowest BCUT2D eigenvalue weighted by atomic mass is 10.1. The topological polar surface area (TPSA) is 61.8 Å². The standard InChI is InChI=1S/C19H21FN2O3/c1-13(21-11-14-2-7-18(20)16(10-14)12-23)15-3-5-17(6-4-15)22-8-9-25-19(22)24/h2-7,10,13,21,23H,8-9,11-12H2,1H3. The Morgan fingerprint density at radius 3 is 2.68 bits per heavy atom. The van der Waals surface area contributed by atoms with Crippen molar-refractivity contribution in [2.75, 3.05) is 18.1 Å². The molecule has 1 saturated heterocycles.